The van der Waals surface area contributed by atoms with E-state index in [-0.39, 0.29) is 12.3 Å². The molecule has 1 amide bonds. The van der Waals surface area contributed by atoms with Crippen molar-refractivity contribution in [3.8, 4) is 0 Å². The van der Waals surface area contributed by atoms with E-state index >= 15 is 0 Å². The Morgan fingerprint density at radius 2 is 2.25 bits per heavy atom. The standard InChI is InChI=1S/C10H14N2O3S/c1-7-9(11-6-16-7)10(15)12(2)5-3-4-8(13)14/h6H,3-5H2,1-2H3,(H,13,14). The maximum atomic E-state index is 11.8. The molecule has 0 saturated carbocycles. The lowest BCUT2D eigenvalue weighted by atomic mass is 10.2. The Kier molecular flexibility index (Phi) is 4.42. The fourth-order valence-electron chi connectivity index (χ4n) is 1.26. The molecule has 0 bridgehead atoms. The number of rotatable bonds is 5. The predicted molar refractivity (Wildman–Crippen MR) is 60.7 cm³/mol. The normalized spacial score (nSPS) is 10.1. The number of amides is 1. The maximum Gasteiger partial charge on any atom is 0.303 e. The molecule has 0 aliphatic carbocycles. The highest BCUT2D eigenvalue weighted by molar-refractivity contribution is 7.09. The predicted octanol–water partition coefficient (Wildman–Crippen LogP) is 1.39. The summed E-state index contributed by atoms with van der Waals surface area (Å²) in [6.45, 7) is 2.28. The molecule has 1 heterocycles. The molecule has 1 aromatic rings. The van der Waals surface area contributed by atoms with Gasteiger partial charge in [0.25, 0.3) is 5.91 Å². The van der Waals surface area contributed by atoms with Gasteiger partial charge >= 0.3 is 5.97 Å². The zero-order valence-corrected chi connectivity index (χ0v) is 10.1. The molecule has 0 radical (unpaired) electrons. The summed E-state index contributed by atoms with van der Waals surface area (Å²) in [5.41, 5.74) is 2.09. The first kappa shape index (κ1) is 12.6. The molecule has 5 nitrogen and oxygen atoms in total. The van der Waals surface area contributed by atoms with Gasteiger partial charge in [-0.15, -0.1) is 11.3 Å². The molecule has 0 fully saturated rings. The molecule has 0 atom stereocenters. The lowest BCUT2D eigenvalue weighted by molar-refractivity contribution is -0.137. The molecular formula is C10H14N2O3S. The van der Waals surface area contributed by atoms with Crippen LogP contribution in [0.5, 0.6) is 0 Å². The Balaban J connectivity index is 2.49. The highest BCUT2D eigenvalue weighted by Gasteiger charge is 2.16. The number of thiazole rings is 1. The Bertz CT molecular complexity index is 389. The average Bonchev–Trinajstić information content (AvgIpc) is 2.62. The van der Waals surface area contributed by atoms with Crippen molar-refractivity contribution in [2.45, 2.75) is 19.8 Å². The summed E-state index contributed by atoms with van der Waals surface area (Å²) in [4.78, 5) is 28.5. The van der Waals surface area contributed by atoms with Crippen molar-refractivity contribution in [1.29, 1.82) is 0 Å². The van der Waals surface area contributed by atoms with Crippen molar-refractivity contribution in [3.63, 3.8) is 0 Å². The van der Waals surface area contributed by atoms with Crippen LogP contribution in [-0.4, -0.2) is 40.5 Å². The molecule has 1 N–H and O–H groups in total. The van der Waals surface area contributed by atoms with Crippen LogP contribution in [0.2, 0.25) is 0 Å². The van der Waals surface area contributed by atoms with E-state index < -0.39 is 5.97 Å². The molecular weight excluding hydrogens is 228 g/mol. The largest absolute Gasteiger partial charge is 0.481 e. The van der Waals surface area contributed by atoms with Crippen molar-refractivity contribution in [1.82, 2.24) is 9.88 Å². The fourth-order valence-corrected chi connectivity index (χ4v) is 1.83. The monoisotopic (exact) mass is 242 g/mol. The number of nitrogens with zero attached hydrogens (tertiary/aromatic N) is 2. The minimum absolute atomic E-state index is 0.0771. The van der Waals surface area contributed by atoms with E-state index in [0.29, 0.717) is 18.7 Å². The number of aromatic nitrogens is 1. The summed E-state index contributed by atoms with van der Waals surface area (Å²) >= 11 is 1.43. The number of carboxylic acids is 1. The second kappa shape index (κ2) is 5.60. The van der Waals surface area contributed by atoms with E-state index in [4.69, 9.17) is 5.11 Å². The van der Waals surface area contributed by atoms with Gasteiger partial charge in [-0.2, -0.15) is 0 Å². The van der Waals surface area contributed by atoms with Gasteiger partial charge in [0.05, 0.1) is 5.51 Å². The van der Waals surface area contributed by atoms with Gasteiger partial charge < -0.3 is 10.0 Å². The second-order valence-electron chi connectivity index (χ2n) is 3.48. The first-order valence-corrected chi connectivity index (χ1v) is 5.77. The van der Waals surface area contributed by atoms with Gasteiger partial charge in [0.1, 0.15) is 5.69 Å². The summed E-state index contributed by atoms with van der Waals surface area (Å²) < 4.78 is 0. The van der Waals surface area contributed by atoms with Crippen molar-refractivity contribution >= 4 is 23.2 Å². The SMILES string of the molecule is Cc1scnc1C(=O)N(C)CCCC(=O)O. The van der Waals surface area contributed by atoms with Crippen molar-refractivity contribution in [2.75, 3.05) is 13.6 Å². The molecule has 0 aromatic carbocycles. The highest BCUT2D eigenvalue weighted by Crippen LogP contribution is 2.13. The zero-order valence-electron chi connectivity index (χ0n) is 9.27. The van der Waals surface area contributed by atoms with E-state index in [1.807, 2.05) is 6.92 Å². The van der Waals surface area contributed by atoms with E-state index in [1.165, 1.54) is 16.2 Å². The van der Waals surface area contributed by atoms with Gasteiger partial charge in [0.2, 0.25) is 0 Å². The molecule has 6 heteroatoms. The van der Waals surface area contributed by atoms with Gasteiger partial charge in [0, 0.05) is 24.9 Å². The van der Waals surface area contributed by atoms with Gasteiger partial charge in [-0.25, -0.2) is 4.98 Å². The minimum atomic E-state index is -0.842. The highest BCUT2D eigenvalue weighted by atomic mass is 32.1. The number of carboxylic acid groups (broad SMARTS) is 1. The summed E-state index contributed by atoms with van der Waals surface area (Å²) in [7, 11) is 1.66. The van der Waals surface area contributed by atoms with Crippen molar-refractivity contribution in [3.05, 3.63) is 16.1 Å². The Labute approximate surface area is 97.7 Å². The van der Waals surface area contributed by atoms with Crippen molar-refractivity contribution in [2.24, 2.45) is 0 Å². The van der Waals surface area contributed by atoms with Crippen LogP contribution in [0.25, 0.3) is 0 Å². The van der Waals surface area contributed by atoms with Crippen LogP contribution in [0.15, 0.2) is 5.51 Å². The van der Waals surface area contributed by atoms with Gasteiger partial charge in [-0.05, 0) is 13.3 Å². The summed E-state index contributed by atoms with van der Waals surface area (Å²) in [6.07, 6.45) is 0.536. The van der Waals surface area contributed by atoms with Crippen LogP contribution >= 0.6 is 11.3 Å². The third-order valence-corrected chi connectivity index (χ3v) is 2.94. The van der Waals surface area contributed by atoms with E-state index in [1.54, 1.807) is 12.6 Å². The number of aliphatic carboxylic acids is 1. The third kappa shape index (κ3) is 3.30. The van der Waals surface area contributed by atoms with Crippen LogP contribution in [0.3, 0.4) is 0 Å². The summed E-state index contributed by atoms with van der Waals surface area (Å²) in [6, 6.07) is 0. The Hall–Kier alpha value is -1.43. The minimum Gasteiger partial charge on any atom is -0.481 e. The summed E-state index contributed by atoms with van der Waals surface area (Å²) in [5, 5.41) is 8.48. The molecule has 0 aliphatic rings. The number of carbonyl (C=O) groups is 2. The van der Waals surface area contributed by atoms with Crippen LogP contribution in [0, 0.1) is 6.92 Å². The number of carbonyl (C=O) groups excluding carboxylic acids is 1. The molecule has 1 rings (SSSR count). The van der Waals surface area contributed by atoms with Gasteiger partial charge in [-0.3, -0.25) is 9.59 Å². The smallest absolute Gasteiger partial charge is 0.303 e. The van der Waals surface area contributed by atoms with Gasteiger partial charge in [-0.1, -0.05) is 0 Å². The lowest BCUT2D eigenvalue weighted by Crippen LogP contribution is -2.28. The molecule has 0 saturated heterocycles. The maximum absolute atomic E-state index is 11.8. The van der Waals surface area contributed by atoms with Crippen molar-refractivity contribution < 1.29 is 14.7 Å². The van der Waals surface area contributed by atoms with Crippen LogP contribution in [-0.2, 0) is 4.79 Å². The molecule has 1 aromatic heterocycles. The van der Waals surface area contributed by atoms with Gasteiger partial charge in [0.15, 0.2) is 0 Å². The molecule has 16 heavy (non-hydrogen) atoms. The van der Waals surface area contributed by atoms with Crippen LogP contribution < -0.4 is 0 Å². The molecule has 0 aliphatic heterocycles. The van der Waals surface area contributed by atoms with E-state index in [9.17, 15) is 9.59 Å². The third-order valence-electron chi connectivity index (χ3n) is 2.18. The topological polar surface area (TPSA) is 70.5 Å². The number of hydrogen-bond acceptors (Lipinski definition) is 4. The second-order valence-corrected chi connectivity index (χ2v) is 4.54. The first-order chi connectivity index (χ1) is 7.52. The quantitative estimate of drug-likeness (QED) is 0.847. The number of aryl methyl sites for hydroxylation is 1. The Morgan fingerprint density at radius 3 is 2.75 bits per heavy atom. The van der Waals surface area contributed by atoms with Crippen LogP contribution in [0.4, 0.5) is 0 Å². The lowest BCUT2D eigenvalue weighted by Gasteiger charge is -2.15. The molecule has 0 unspecified atom stereocenters. The average molecular weight is 242 g/mol. The zero-order chi connectivity index (χ0) is 12.1. The van der Waals surface area contributed by atoms with E-state index in [0.717, 1.165) is 4.88 Å². The van der Waals surface area contributed by atoms with Crippen LogP contribution in [0.1, 0.15) is 28.2 Å². The molecule has 0 spiro atoms. The molecule has 88 valence electrons. The first-order valence-electron chi connectivity index (χ1n) is 4.89. The summed E-state index contributed by atoms with van der Waals surface area (Å²) in [5.74, 6) is -0.991. The Morgan fingerprint density at radius 1 is 1.56 bits per heavy atom. The fraction of sp³-hybridized carbons (Fsp3) is 0.500. The van der Waals surface area contributed by atoms with E-state index in [2.05, 4.69) is 4.98 Å². The number of hydrogen-bond donors (Lipinski definition) is 1.